The summed E-state index contributed by atoms with van der Waals surface area (Å²) < 4.78 is 1.53. The van der Waals surface area contributed by atoms with E-state index < -0.39 is 6.51 Å². The molecule has 10 aliphatic heterocycles. The first-order chi connectivity index (χ1) is 16.9. The number of nitrogens with one attached hydrogen (secondary N) is 1. The van der Waals surface area contributed by atoms with Crippen LogP contribution in [0.1, 0.15) is 25.5 Å². The van der Waals surface area contributed by atoms with Crippen LogP contribution in [0.5, 0.6) is 0 Å². The Kier molecular flexibility index (Phi) is 1.23. The van der Waals surface area contributed by atoms with E-state index in [1.807, 2.05) is 0 Å². The molecule has 13 rings (SSSR count). The van der Waals surface area contributed by atoms with Crippen LogP contribution in [-0.2, 0) is 6.51 Å². The predicted molar refractivity (Wildman–Crippen MR) is 142 cm³/mol. The summed E-state index contributed by atoms with van der Waals surface area (Å²) in [5.41, 5.74) is 1.47. The Labute approximate surface area is 199 Å². The summed E-state index contributed by atoms with van der Waals surface area (Å²) in [5.74, 6) is 0. The summed E-state index contributed by atoms with van der Waals surface area (Å²) in [7, 11) is -0.269. The van der Waals surface area contributed by atoms with Crippen LogP contribution in [0.4, 0.5) is 0 Å². The van der Waals surface area contributed by atoms with Crippen LogP contribution in [0.3, 0.4) is 0 Å². The normalized spacial score (nSPS) is 67.9. The second-order valence-electron chi connectivity index (χ2n) is 15.8. The summed E-state index contributed by atoms with van der Waals surface area (Å²) in [4.78, 5) is 10.4. The number of hydrogen-bond donors (Lipinski definition) is 1. The third-order valence-corrected chi connectivity index (χ3v) is 69.9. The third-order valence-electron chi connectivity index (χ3n) is 19.7. The summed E-state index contributed by atoms with van der Waals surface area (Å²) in [6.07, 6.45) is 0. The first-order valence-corrected chi connectivity index (χ1v) is 21.4. The van der Waals surface area contributed by atoms with E-state index in [1.165, 1.54) is 44.1 Å². The minimum atomic E-state index is -3.66. The van der Waals surface area contributed by atoms with Crippen molar-refractivity contribution < 1.29 is 6.51 Å². The standard InChI is InChI=1S/C27H27NP.C5H5.Fe/c1-21(23-13-6-3-7-14-23)28-22(2)26-19-12-20-27(26)29(24-15-8-4-9-16-24)25-17-10-5-11-18-25;1-2-4-5-3-1;/h3-22,28H,1-2H3;1-5H;/t21-,22-;;/m1../s1. The molecule has 3 heteroatoms. The number of hydrogen-bond acceptors (Lipinski definition) is 1. The van der Waals surface area contributed by atoms with Gasteiger partial charge >= 0.3 is 200 Å². The van der Waals surface area contributed by atoms with Crippen LogP contribution in [0.15, 0.2) is 91.0 Å². The van der Waals surface area contributed by atoms with Gasteiger partial charge in [0.2, 0.25) is 0 Å². The van der Waals surface area contributed by atoms with Gasteiger partial charge in [0.25, 0.3) is 0 Å². The molecule has 10 aliphatic rings. The Hall–Kier alpha value is -1.43. The van der Waals surface area contributed by atoms with Crippen LogP contribution < -0.4 is 15.9 Å². The molecule has 10 saturated heterocycles. The molecule has 0 saturated carbocycles. The molecule has 4 unspecified atom stereocenters. The summed E-state index contributed by atoms with van der Waals surface area (Å²) >= 11 is 0. The molecule has 1 N–H and O–H groups in total. The first kappa shape index (κ1) is 17.1. The molecule has 1 nitrogen and oxygen atoms in total. The van der Waals surface area contributed by atoms with E-state index in [1.54, 1.807) is 10.6 Å². The van der Waals surface area contributed by atoms with Gasteiger partial charge in [0.15, 0.2) is 0 Å². The zero-order valence-electron chi connectivity index (χ0n) is 20.2. The van der Waals surface area contributed by atoms with E-state index in [2.05, 4.69) is 110 Å². The van der Waals surface area contributed by atoms with Crippen molar-refractivity contribution in [1.82, 2.24) is 5.32 Å². The topological polar surface area (TPSA) is 12.0 Å². The van der Waals surface area contributed by atoms with Crippen molar-refractivity contribution in [2.45, 2.75) is 72.8 Å². The number of fused-ring (bicyclic) bond motifs is 10. The second-order valence-corrected chi connectivity index (χ2v) is 41.9. The molecule has 0 amide bonds. The molecular formula is C32H32FeNP. The van der Waals surface area contributed by atoms with Crippen molar-refractivity contribution in [2.75, 3.05) is 0 Å². The Balaban J connectivity index is 1.09. The van der Waals surface area contributed by atoms with Gasteiger partial charge in [-0.25, -0.2) is 0 Å². The average molecular weight is 517 g/mol. The van der Waals surface area contributed by atoms with Gasteiger partial charge in [-0.2, -0.15) is 0 Å². The van der Waals surface area contributed by atoms with Crippen LogP contribution >= 0.6 is 7.92 Å². The monoisotopic (exact) mass is 517 g/mol. The van der Waals surface area contributed by atoms with Gasteiger partial charge in [0.1, 0.15) is 0 Å². The Morgan fingerprint density at radius 2 is 1.14 bits per heavy atom. The zero-order chi connectivity index (χ0) is 22.7. The van der Waals surface area contributed by atoms with Crippen LogP contribution in [0, 0.1) is 0 Å². The van der Waals surface area contributed by atoms with Gasteiger partial charge in [0.05, 0.1) is 0 Å². The summed E-state index contributed by atoms with van der Waals surface area (Å²) in [6, 6.07) is 36.3. The zero-order valence-corrected chi connectivity index (χ0v) is 22.2. The molecule has 1 spiro atoms. The molecule has 35 heavy (non-hydrogen) atoms. The molecule has 0 aliphatic carbocycles. The van der Waals surface area contributed by atoms with Crippen molar-refractivity contribution in [3.8, 4) is 0 Å². The van der Waals surface area contributed by atoms with E-state index in [9.17, 15) is 0 Å². The van der Waals surface area contributed by atoms with Crippen LogP contribution in [0.25, 0.3) is 0 Å². The molecule has 7 atom stereocenters. The molecule has 10 fully saturated rings. The quantitative estimate of drug-likeness (QED) is 0.253. The molecular weight excluding hydrogens is 485 g/mol. The van der Waals surface area contributed by atoms with Gasteiger partial charge in [-0.1, -0.05) is 0 Å². The van der Waals surface area contributed by atoms with Crippen molar-refractivity contribution >= 4 is 18.5 Å². The third kappa shape index (κ3) is 0.395. The molecule has 0 radical (unpaired) electrons. The number of rotatable bonds is 7. The SMILES string of the molecule is C[C@@H](N[C@H](C)[C@@]12[CH]3[CH]4[CH]5[C]1(P(c1ccccc1)c1ccccc1)[Fe]45321678[CH]2[CH]1[CH]6[CH]7[CH]28)c1ccccc1. The van der Waals surface area contributed by atoms with Gasteiger partial charge in [-0.05, 0) is 0 Å². The van der Waals surface area contributed by atoms with E-state index >= 15 is 0 Å². The maximum absolute atomic E-state index is 4.35. The second kappa shape index (κ2) is 2.52. The van der Waals surface area contributed by atoms with E-state index in [0.29, 0.717) is 12.1 Å². The van der Waals surface area contributed by atoms with E-state index in [4.69, 9.17) is 0 Å². The summed E-state index contributed by atoms with van der Waals surface area (Å²) in [6.45, 7) is 1.46. The van der Waals surface area contributed by atoms with E-state index in [0.717, 1.165) is 8.37 Å². The minimum absolute atomic E-state index is 0.269. The maximum atomic E-state index is 4.35. The average Bonchev–Trinajstić information content (AvgIpc) is 3.85. The Bertz CT molecular complexity index is 1850. The fraction of sp³-hybridized carbons (Fsp3) is 0.438. The summed E-state index contributed by atoms with van der Waals surface area (Å²) in [5, 5.41) is 7.77. The Morgan fingerprint density at radius 1 is 0.657 bits per heavy atom. The molecule has 3 aromatic carbocycles. The van der Waals surface area contributed by atoms with Crippen molar-refractivity contribution in [3.63, 3.8) is 0 Å². The fourth-order valence-electron chi connectivity index (χ4n) is 21.5. The molecule has 0 bridgehead atoms. The van der Waals surface area contributed by atoms with Gasteiger partial charge in [-0.3, -0.25) is 0 Å². The fourth-order valence-corrected chi connectivity index (χ4v) is 113. The van der Waals surface area contributed by atoms with Crippen LogP contribution in [0.2, 0.25) is 42.8 Å². The van der Waals surface area contributed by atoms with Gasteiger partial charge in [0, 0.05) is 0 Å². The molecule has 178 valence electrons. The molecule has 3 aromatic rings. The van der Waals surface area contributed by atoms with E-state index in [-0.39, 0.29) is 7.92 Å². The number of benzene rings is 3. The van der Waals surface area contributed by atoms with Crippen molar-refractivity contribution in [1.29, 1.82) is 0 Å². The van der Waals surface area contributed by atoms with Gasteiger partial charge < -0.3 is 0 Å². The van der Waals surface area contributed by atoms with Crippen LogP contribution in [-0.4, -0.2) is 10.1 Å². The van der Waals surface area contributed by atoms with Gasteiger partial charge in [-0.15, -0.1) is 0 Å². The molecule has 10 heterocycles. The molecule has 0 aromatic heterocycles. The first-order valence-electron chi connectivity index (χ1n) is 13.9. The van der Waals surface area contributed by atoms with Crippen molar-refractivity contribution in [3.05, 3.63) is 96.6 Å². The van der Waals surface area contributed by atoms with Crippen molar-refractivity contribution in [2.24, 2.45) is 0 Å². The Morgan fingerprint density at radius 3 is 1.60 bits per heavy atom. The predicted octanol–water partition coefficient (Wildman–Crippen LogP) is 7.53.